The summed E-state index contributed by atoms with van der Waals surface area (Å²) >= 11 is 6.00. The molecular formula is C13H19ClN2. The van der Waals surface area contributed by atoms with Crippen LogP contribution in [0, 0.1) is 0 Å². The monoisotopic (exact) mass is 238 g/mol. The van der Waals surface area contributed by atoms with Gasteiger partial charge >= 0.3 is 0 Å². The molecule has 1 N–H and O–H groups in total. The number of hydrogen-bond acceptors (Lipinski definition) is 2. The van der Waals surface area contributed by atoms with Gasteiger partial charge in [-0.25, -0.2) is 0 Å². The van der Waals surface area contributed by atoms with E-state index in [1.54, 1.807) is 0 Å². The number of benzene rings is 1. The lowest BCUT2D eigenvalue weighted by Gasteiger charge is -2.37. The Labute approximate surface area is 103 Å². The Balaban J connectivity index is 2.02. The third-order valence-electron chi connectivity index (χ3n) is 3.17. The molecule has 1 aromatic carbocycles. The molecule has 2 rings (SSSR count). The van der Waals surface area contributed by atoms with Crippen LogP contribution in [0.1, 0.15) is 19.4 Å². The lowest BCUT2D eigenvalue weighted by molar-refractivity contribution is 0.139. The summed E-state index contributed by atoms with van der Waals surface area (Å²) in [5.41, 5.74) is 1.30. The number of rotatable bonds is 2. The highest BCUT2D eigenvalue weighted by Crippen LogP contribution is 2.15. The van der Waals surface area contributed by atoms with E-state index in [0.29, 0.717) is 12.1 Å². The molecule has 1 fully saturated rings. The molecule has 3 heteroatoms. The molecule has 2 nitrogen and oxygen atoms in total. The molecule has 0 aromatic heterocycles. The quantitative estimate of drug-likeness (QED) is 0.852. The predicted octanol–water partition coefficient (Wildman–Crippen LogP) is 2.52. The van der Waals surface area contributed by atoms with Gasteiger partial charge in [-0.05, 0) is 31.5 Å². The van der Waals surface area contributed by atoms with Crippen molar-refractivity contribution in [3.63, 3.8) is 0 Å². The zero-order valence-corrected chi connectivity index (χ0v) is 10.7. The number of piperazine rings is 1. The molecule has 88 valence electrons. The van der Waals surface area contributed by atoms with Crippen LogP contribution in [0.2, 0.25) is 5.02 Å². The predicted molar refractivity (Wildman–Crippen MR) is 68.8 cm³/mol. The first-order valence-corrected chi connectivity index (χ1v) is 6.25. The van der Waals surface area contributed by atoms with E-state index < -0.39 is 0 Å². The van der Waals surface area contributed by atoms with Gasteiger partial charge in [0.1, 0.15) is 0 Å². The Morgan fingerprint density at radius 1 is 1.44 bits per heavy atom. The van der Waals surface area contributed by atoms with Crippen LogP contribution in [0.25, 0.3) is 0 Å². The lowest BCUT2D eigenvalue weighted by Crippen LogP contribution is -2.53. The summed E-state index contributed by atoms with van der Waals surface area (Å²) in [4.78, 5) is 2.51. The second kappa shape index (κ2) is 5.17. The SMILES string of the molecule is C[C@@H]1CN(Cc2cccc(Cl)c2)[C@@H](C)CN1. The van der Waals surface area contributed by atoms with Crippen molar-refractivity contribution in [2.45, 2.75) is 32.5 Å². The normalized spacial score (nSPS) is 26.9. The van der Waals surface area contributed by atoms with Crippen LogP contribution in [0.15, 0.2) is 24.3 Å². The summed E-state index contributed by atoms with van der Waals surface area (Å²) < 4.78 is 0. The average molecular weight is 239 g/mol. The second-order valence-corrected chi connectivity index (χ2v) is 5.15. The van der Waals surface area contributed by atoms with Crippen molar-refractivity contribution in [2.75, 3.05) is 13.1 Å². The molecule has 16 heavy (non-hydrogen) atoms. The maximum Gasteiger partial charge on any atom is 0.0409 e. The van der Waals surface area contributed by atoms with Crippen LogP contribution >= 0.6 is 11.6 Å². The van der Waals surface area contributed by atoms with E-state index in [1.807, 2.05) is 12.1 Å². The van der Waals surface area contributed by atoms with Gasteiger partial charge in [0.15, 0.2) is 0 Å². The molecule has 0 spiro atoms. The molecule has 0 aliphatic carbocycles. The van der Waals surface area contributed by atoms with E-state index >= 15 is 0 Å². The fourth-order valence-electron chi connectivity index (χ4n) is 2.19. The van der Waals surface area contributed by atoms with Crippen LogP contribution in [0.4, 0.5) is 0 Å². The minimum Gasteiger partial charge on any atom is -0.311 e. The summed E-state index contributed by atoms with van der Waals surface area (Å²) in [6.07, 6.45) is 0. The maximum atomic E-state index is 6.00. The number of nitrogens with zero attached hydrogens (tertiary/aromatic N) is 1. The van der Waals surface area contributed by atoms with Crippen LogP contribution in [0.5, 0.6) is 0 Å². The molecule has 0 bridgehead atoms. The van der Waals surface area contributed by atoms with Crippen molar-refractivity contribution < 1.29 is 0 Å². The van der Waals surface area contributed by atoms with Crippen molar-refractivity contribution in [1.29, 1.82) is 0 Å². The summed E-state index contributed by atoms with van der Waals surface area (Å²) in [6, 6.07) is 9.32. The molecule has 1 aromatic rings. The van der Waals surface area contributed by atoms with Gasteiger partial charge in [0, 0.05) is 36.7 Å². The molecule has 0 amide bonds. The first kappa shape index (κ1) is 11.9. The van der Waals surface area contributed by atoms with Gasteiger partial charge in [-0.15, -0.1) is 0 Å². The highest BCUT2D eigenvalue weighted by Gasteiger charge is 2.21. The number of nitrogens with one attached hydrogen (secondary N) is 1. The first-order valence-electron chi connectivity index (χ1n) is 5.87. The Morgan fingerprint density at radius 2 is 2.25 bits per heavy atom. The largest absolute Gasteiger partial charge is 0.311 e. The van der Waals surface area contributed by atoms with E-state index in [2.05, 4.69) is 36.2 Å². The van der Waals surface area contributed by atoms with Crippen molar-refractivity contribution in [2.24, 2.45) is 0 Å². The highest BCUT2D eigenvalue weighted by molar-refractivity contribution is 6.30. The fraction of sp³-hybridized carbons (Fsp3) is 0.538. The van der Waals surface area contributed by atoms with E-state index in [0.717, 1.165) is 24.7 Å². The topological polar surface area (TPSA) is 15.3 Å². The summed E-state index contributed by atoms with van der Waals surface area (Å²) in [5, 5.41) is 4.32. The van der Waals surface area contributed by atoms with Crippen LogP contribution in [-0.4, -0.2) is 30.1 Å². The van der Waals surface area contributed by atoms with Gasteiger partial charge in [0.05, 0.1) is 0 Å². The van der Waals surface area contributed by atoms with Crippen molar-refractivity contribution in [3.8, 4) is 0 Å². The van der Waals surface area contributed by atoms with Crippen molar-refractivity contribution in [3.05, 3.63) is 34.9 Å². The molecule has 1 aliphatic rings. The van der Waals surface area contributed by atoms with E-state index in [4.69, 9.17) is 11.6 Å². The number of halogens is 1. The summed E-state index contributed by atoms with van der Waals surface area (Å²) in [5.74, 6) is 0. The molecule has 1 aliphatic heterocycles. The van der Waals surface area contributed by atoms with Gasteiger partial charge in [0.25, 0.3) is 0 Å². The van der Waals surface area contributed by atoms with Gasteiger partial charge in [-0.2, -0.15) is 0 Å². The lowest BCUT2D eigenvalue weighted by atomic mass is 10.1. The maximum absolute atomic E-state index is 6.00. The van der Waals surface area contributed by atoms with E-state index in [-0.39, 0.29) is 0 Å². The van der Waals surface area contributed by atoms with Crippen molar-refractivity contribution >= 4 is 11.6 Å². The second-order valence-electron chi connectivity index (χ2n) is 4.72. The Bertz CT molecular complexity index is 354. The minimum atomic E-state index is 0.579. The fourth-order valence-corrected chi connectivity index (χ4v) is 2.40. The zero-order chi connectivity index (χ0) is 11.5. The molecule has 0 unspecified atom stereocenters. The Kier molecular flexibility index (Phi) is 3.85. The third kappa shape index (κ3) is 2.97. The Morgan fingerprint density at radius 3 is 3.00 bits per heavy atom. The third-order valence-corrected chi connectivity index (χ3v) is 3.40. The summed E-state index contributed by atoms with van der Waals surface area (Å²) in [6.45, 7) is 7.67. The first-order chi connectivity index (χ1) is 7.65. The number of hydrogen-bond donors (Lipinski definition) is 1. The van der Waals surface area contributed by atoms with E-state index in [1.165, 1.54) is 5.56 Å². The van der Waals surface area contributed by atoms with Crippen molar-refractivity contribution in [1.82, 2.24) is 10.2 Å². The van der Waals surface area contributed by atoms with Gasteiger partial charge in [-0.1, -0.05) is 23.7 Å². The van der Waals surface area contributed by atoms with Gasteiger partial charge in [0.2, 0.25) is 0 Å². The smallest absolute Gasteiger partial charge is 0.0409 e. The standard InChI is InChI=1S/C13H19ClN2/c1-10-8-16(11(2)7-15-10)9-12-4-3-5-13(14)6-12/h3-6,10-11,15H,7-9H2,1-2H3/t10-,11+/m1/s1. The molecule has 1 saturated heterocycles. The molecule has 2 atom stereocenters. The van der Waals surface area contributed by atoms with Crippen LogP contribution < -0.4 is 5.32 Å². The molecular weight excluding hydrogens is 220 g/mol. The van der Waals surface area contributed by atoms with Crippen LogP contribution in [0.3, 0.4) is 0 Å². The minimum absolute atomic E-state index is 0.579. The average Bonchev–Trinajstić information content (AvgIpc) is 2.24. The molecule has 0 radical (unpaired) electrons. The molecule has 0 saturated carbocycles. The zero-order valence-electron chi connectivity index (χ0n) is 9.91. The van der Waals surface area contributed by atoms with E-state index in [9.17, 15) is 0 Å². The van der Waals surface area contributed by atoms with Gasteiger partial charge < -0.3 is 5.32 Å². The van der Waals surface area contributed by atoms with Crippen LogP contribution in [-0.2, 0) is 6.54 Å². The van der Waals surface area contributed by atoms with Gasteiger partial charge in [-0.3, -0.25) is 4.90 Å². The highest BCUT2D eigenvalue weighted by atomic mass is 35.5. The Hall–Kier alpha value is -0.570. The molecule has 1 heterocycles. The summed E-state index contributed by atoms with van der Waals surface area (Å²) in [7, 11) is 0.